The molecule has 0 heterocycles. The van der Waals surface area contributed by atoms with Crippen LogP contribution in [0, 0.1) is 11.3 Å². The van der Waals surface area contributed by atoms with Gasteiger partial charge in [0.2, 0.25) is 10.0 Å². The second kappa shape index (κ2) is 7.40. The lowest BCUT2D eigenvalue weighted by molar-refractivity contribution is -0.112. The Kier molecular flexibility index (Phi) is 5.51. The molecular formula is C16H12BrN3O3S. The number of hydrogen-bond acceptors (Lipinski definition) is 4. The van der Waals surface area contributed by atoms with E-state index in [0.29, 0.717) is 11.3 Å². The van der Waals surface area contributed by atoms with Gasteiger partial charge in [-0.15, -0.1) is 0 Å². The number of carbonyl (C=O) groups excluding carboxylic acids is 1. The molecule has 8 heteroatoms. The van der Waals surface area contributed by atoms with Crippen LogP contribution in [0.4, 0.5) is 5.69 Å². The number of nitriles is 1. The van der Waals surface area contributed by atoms with Crippen LogP contribution in [0.5, 0.6) is 0 Å². The maximum Gasteiger partial charge on any atom is 0.266 e. The summed E-state index contributed by atoms with van der Waals surface area (Å²) in [5, 5.41) is 16.7. The van der Waals surface area contributed by atoms with Crippen molar-refractivity contribution in [3.63, 3.8) is 0 Å². The van der Waals surface area contributed by atoms with Gasteiger partial charge in [0.05, 0.1) is 4.90 Å². The Bertz CT molecular complexity index is 945. The predicted octanol–water partition coefficient (Wildman–Crippen LogP) is 2.64. The van der Waals surface area contributed by atoms with Crippen molar-refractivity contribution >= 4 is 43.6 Å². The summed E-state index contributed by atoms with van der Waals surface area (Å²) in [5.74, 6) is -0.596. The molecule has 0 atom stereocenters. The van der Waals surface area contributed by atoms with Crippen LogP contribution in [0.15, 0.2) is 63.5 Å². The quantitative estimate of drug-likeness (QED) is 0.600. The van der Waals surface area contributed by atoms with Crippen LogP contribution in [0.3, 0.4) is 0 Å². The van der Waals surface area contributed by atoms with Crippen LogP contribution in [0.25, 0.3) is 6.08 Å². The molecule has 24 heavy (non-hydrogen) atoms. The first kappa shape index (κ1) is 17.9. The number of sulfonamides is 1. The highest BCUT2D eigenvalue weighted by Crippen LogP contribution is 2.16. The van der Waals surface area contributed by atoms with E-state index in [1.165, 1.54) is 30.3 Å². The molecule has 0 bridgehead atoms. The van der Waals surface area contributed by atoms with Gasteiger partial charge in [-0.25, -0.2) is 13.6 Å². The lowest BCUT2D eigenvalue weighted by Crippen LogP contribution is -2.14. The summed E-state index contributed by atoms with van der Waals surface area (Å²) in [6.45, 7) is 0. The van der Waals surface area contributed by atoms with Gasteiger partial charge in [-0.05, 0) is 48.0 Å². The molecule has 3 N–H and O–H groups in total. The summed E-state index contributed by atoms with van der Waals surface area (Å²) in [7, 11) is -3.79. The lowest BCUT2D eigenvalue weighted by Gasteiger charge is -2.05. The number of benzene rings is 2. The molecule has 0 aliphatic rings. The number of amides is 1. The van der Waals surface area contributed by atoms with Gasteiger partial charge in [-0.2, -0.15) is 5.26 Å². The van der Waals surface area contributed by atoms with Crippen molar-refractivity contribution in [3.8, 4) is 6.07 Å². The summed E-state index contributed by atoms with van der Waals surface area (Å²) < 4.78 is 23.2. The lowest BCUT2D eigenvalue weighted by atomic mass is 10.1. The average molecular weight is 406 g/mol. The van der Waals surface area contributed by atoms with Crippen LogP contribution >= 0.6 is 15.9 Å². The molecule has 0 fully saturated rings. The van der Waals surface area contributed by atoms with Crippen molar-refractivity contribution in [1.82, 2.24) is 0 Å². The van der Waals surface area contributed by atoms with Crippen LogP contribution in [-0.4, -0.2) is 14.3 Å². The summed E-state index contributed by atoms with van der Waals surface area (Å²) in [5.41, 5.74) is 0.965. The number of carbonyl (C=O) groups is 1. The zero-order valence-electron chi connectivity index (χ0n) is 12.2. The Hall–Kier alpha value is -2.47. The number of rotatable bonds is 4. The molecule has 0 saturated heterocycles. The molecule has 0 aliphatic carbocycles. The molecule has 6 nitrogen and oxygen atoms in total. The van der Waals surface area contributed by atoms with Crippen molar-refractivity contribution < 1.29 is 13.2 Å². The first-order chi connectivity index (χ1) is 11.3. The van der Waals surface area contributed by atoms with Gasteiger partial charge >= 0.3 is 0 Å². The van der Waals surface area contributed by atoms with Gasteiger partial charge in [0.25, 0.3) is 5.91 Å². The van der Waals surface area contributed by atoms with Gasteiger partial charge in [0.1, 0.15) is 11.6 Å². The molecule has 122 valence electrons. The Morgan fingerprint density at radius 2 is 1.88 bits per heavy atom. The fourth-order valence-corrected chi connectivity index (χ4v) is 2.77. The molecule has 0 unspecified atom stereocenters. The number of nitrogens with two attached hydrogens (primary N) is 1. The Labute approximate surface area is 147 Å². The van der Waals surface area contributed by atoms with Crippen LogP contribution < -0.4 is 10.5 Å². The Morgan fingerprint density at radius 1 is 1.21 bits per heavy atom. The normalized spacial score (nSPS) is 11.6. The highest BCUT2D eigenvalue weighted by atomic mass is 79.9. The SMILES string of the molecule is N#C/C(=C\c1cccc(Br)c1)C(=O)Nc1ccc(S(N)(=O)=O)cc1. The van der Waals surface area contributed by atoms with Gasteiger partial charge in [-0.1, -0.05) is 28.1 Å². The summed E-state index contributed by atoms with van der Waals surface area (Å²) in [4.78, 5) is 12.1. The van der Waals surface area contributed by atoms with Crippen molar-refractivity contribution in [1.29, 1.82) is 5.26 Å². The van der Waals surface area contributed by atoms with Crippen molar-refractivity contribution in [2.24, 2.45) is 5.14 Å². The number of nitrogens with one attached hydrogen (secondary N) is 1. The molecule has 2 rings (SSSR count). The fourth-order valence-electron chi connectivity index (χ4n) is 1.84. The number of hydrogen-bond donors (Lipinski definition) is 2. The van der Waals surface area contributed by atoms with E-state index in [1.54, 1.807) is 18.2 Å². The van der Waals surface area contributed by atoms with E-state index in [-0.39, 0.29) is 10.5 Å². The van der Waals surface area contributed by atoms with E-state index in [9.17, 15) is 13.2 Å². The van der Waals surface area contributed by atoms with E-state index in [4.69, 9.17) is 10.4 Å². The maximum absolute atomic E-state index is 12.2. The highest BCUT2D eigenvalue weighted by molar-refractivity contribution is 9.10. The summed E-state index contributed by atoms with van der Waals surface area (Å²) >= 11 is 3.32. The van der Waals surface area contributed by atoms with Gasteiger partial charge in [0.15, 0.2) is 0 Å². The van der Waals surface area contributed by atoms with Crippen molar-refractivity contribution in [2.45, 2.75) is 4.90 Å². The Morgan fingerprint density at radius 3 is 2.42 bits per heavy atom. The second-order valence-corrected chi connectivity index (χ2v) is 7.23. The predicted molar refractivity (Wildman–Crippen MR) is 94.2 cm³/mol. The molecule has 0 spiro atoms. The third-order valence-electron chi connectivity index (χ3n) is 2.97. The second-order valence-electron chi connectivity index (χ2n) is 4.75. The molecule has 0 aliphatic heterocycles. The number of nitrogens with zero attached hydrogens (tertiary/aromatic N) is 1. The molecular weight excluding hydrogens is 394 g/mol. The standard InChI is InChI=1S/C16H12BrN3O3S/c17-13-3-1-2-11(9-13)8-12(10-18)16(21)20-14-4-6-15(7-5-14)24(19,22)23/h1-9H,(H,20,21)(H2,19,22,23)/b12-8+. The largest absolute Gasteiger partial charge is 0.321 e. The fraction of sp³-hybridized carbons (Fsp3) is 0. The monoisotopic (exact) mass is 405 g/mol. The summed E-state index contributed by atoms with van der Waals surface area (Å²) in [6.07, 6.45) is 1.46. The maximum atomic E-state index is 12.2. The first-order valence-corrected chi connectivity index (χ1v) is 8.95. The van der Waals surface area contributed by atoms with E-state index < -0.39 is 15.9 Å². The van der Waals surface area contributed by atoms with Gasteiger partial charge in [-0.3, -0.25) is 4.79 Å². The van der Waals surface area contributed by atoms with Crippen LogP contribution in [-0.2, 0) is 14.8 Å². The van der Waals surface area contributed by atoms with Crippen molar-refractivity contribution in [3.05, 3.63) is 64.1 Å². The highest BCUT2D eigenvalue weighted by Gasteiger charge is 2.11. The topological polar surface area (TPSA) is 113 Å². The van der Waals surface area contributed by atoms with Crippen LogP contribution in [0.2, 0.25) is 0 Å². The first-order valence-electron chi connectivity index (χ1n) is 6.61. The number of halogens is 1. The van der Waals surface area contributed by atoms with Crippen LogP contribution in [0.1, 0.15) is 5.56 Å². The Balaban J connectivity index is 2.20. The zero-order valence-corrected chi connectivity index (χ0v) is 14.6. The smallest absolute Gasteiger partial charge is 0.266 e. The molecule has 0 radical (unpaired) electrons. The third kappa shape index (κ3) is 4.76. The number of primary sulfonamides is 1. The summed E-state index contributed by atoms with van der Waals surface area (Å²) in [6, 6.07) is 14.3. The van der Waals surface area contributed by atoms with E-state index in [0.717, 1.165) is 4.47 Å². The third-order valence-corrected chi connectivity index (χ3v) is 4.39. The number of anilines is 1. The van der Waals surface area contributed by atoms with Crippen molar-refractivity contribution in [2.75, 3.05) is 5.32 Å². The minimum atomic E-state index is -3.79. The molecule has 2 aromatic rings. The van der Waals surface area contributed by atoms with E-state index >= 15 is 0 Å². The van der Waals surface area contributed by atoms with Gasteiger partial charge < -0.3 is 5.32 Å². The molecule has 0 saturated carbocycles. The van der Waals surface area contributed by atoms with Gasteiger partial charge in [0, 0.05) is 10.2 Å². The van der Waals surface area contributed by atoms with E-state index in [1.807, 2.05) is 12.1 Å². The molecule has 0 aromatic heterocycles. The average Bonchev–Trinajstić information content (AvgIpc) is 2.52. The minimum absolute atomic E-state index is 0.0642. The van der Waals surface area contributed by atoms with E-state index in [2.05, 4.69) is 21.2 Å². The molecule has 2 aromatic carbocycles. The minimum Gasteiger partial charge on any atom is -0.321 e. The zero-order chi connectivity index (χ0) is 17.7. The molecule has 1 amide bonds.